The molecule has 0 atom stereocenters. The van der Waals surface area contributed by atoms with Crippen molar-refractivity contribution >= 4 is 29.9 Å². The van der Waals surface area contributed by atoms with Crippen LogP contribution in [-0.4, -0.2) is 17.2 Å². The van der Waals surface area contributed by atoms with Crippen molar-refractivity contribution in [1.82, 2.24) is 9.97 Å². The van der Waals surface area contributed by atoms with Gasteiger partial charge in [-0.05, 0) is 18.2 Å². The molecule has 68 valence electrons. The second kappa shape index (κ2) is 3.62. The lowest BCUT2D eigenvalue weighted by molar-refractivity contribution is 1.27. The van der Waals surface area contributed by atoms with Gasteiger partial charge in [-0.3, -0.25) is 4.98 Å². The Balaban J connectivity index is 2.65. The summed E-state index contributed by atoms with van der Waals surface area (Å²) in [4.78, 5) is 8.72. The lowest BCUT2D eigenvalue weighted by Crippen LogP contribution is -2.09. The lowest BCUT2D eigenvalue weighted by Gasteiger charge is -2.00. The molecule has 0 aliphatic carbocycles. The smallest absolute Gasteiger partial charge is 0.154 e. The highest BCUT2D eigenvalue weighted by Crippen LogP contribution is 2.07. The number of fused-ring (bicyclic) bond motifs is 1. The summed E-state index contributed by atoms with van der Waals surface area (Å²) in [7, 11) is 1.02. The van der Waals surface area contributed by atoms with Crippen molar-refractivity contribution in [3.63, 3.8) is 0 Å². The molecule has 0 aliphatic heterocycles. The number of aromatic nitrogens is 2. The summed E-state index contributed by atoms with van der Waals surface area (Å²) in [6.45, 7) is 5.81. The Hall–Kier alpha value is -1.64. The third kappa shape index (κ3) is 1.53. The van der Waals surface area contributed by atoms with Crippen LogP contribution in [0.3, 0.4) is 0 Å². The Labute approximate surface area is 83.9 Å². The molecule has 1 aromatic carbocycles. The molecule has 14 heavy (non-hydrogen) atoms. The van der Waals surface area contributed by atoms with Crippen molar-refractivity contribution in [3.05, 3.63) is 36.7 Å². The zero-order chi connectivity index (χ0) is 9.97. The van der Waals surface area contributed by atoms with E-state index in [9.17, 15) is 0 Å². The summed E-state index contributed by atoms with van der Waals surface area (Å²) in [5, 5.41) is 0. The molecule has 2 rings (SSSR count). The van der Waals surface area contributed by atoms with E-state index in [0.29, 0.717) is 0 Å². The normalized spacial score (nSPS) is 10.1. The first-order chi connectivity index (χ1) is 6.83. The molecule has 2 aromatic rings. The average molecular weight is 182 g/mol. The highest BCUT2D eigenvalue weighted by atomic mass is 14.8. The summed E-state index contributed by atoms with van der Waals surface area (Å²) < 4.78 is 0. The quantitative estimate of drug-likeness (QED) is 0.655. The number of rotatable bonds is 2. The first-order valence-electron chi connectivity index (χ1n) is 4.71. The number of benzene rings is 1. The van der Waals surface area contributed by atoms with Crippen LogP contribution in [-0.2, 0) is 0 Å². The molecule has 2 nitrogen and oxygen atoms in total. The Bertz CT molecular complexity index is 480. The summed E-state index contributed by atoms with van der Waals surface area (Å²) in [5.41, 5.74) is 3.99. The van der Waals surface area contributed by atoms with Crippen LogP contribution in [0.25, 0.3) is 17.1 Å². The van der Waals surface area contributed by atoms with Crippen molar-refractivity contribution in [3.8, 4) is 0 Å². The van der Waals surface area contributed by atoms with Crippen LogP contribution in [0.5, 0.6) is 0 Å². The van der Waals surface area contributed by atoms with Gasteiger partial charge in [0.2, 0.25) is 0 Å². The lowest BCUT2D eigenvalue weighted by atomic mass is 9.73. The van der Waals surface area contributed by atoms with Crippen molar-refractivity contribution in [2.24, 2.45) is 0 Å². The van der Waals surface area contributed by atoms with E-state index < -0.39 is 0 Å². The van der Waals surface area contributed by atoms with E-state index in [-0.39, 0.29) is 0 Å². The molecule has 0 amide bonds. The maximum Gasteiger partial charge on any atom is 0.154 e. The molecule has 0 unspecified atom stereocenters. The minimum atomic E-state index is 0.825. The van der Waals surface area contributed by atoms with Gasteiger partial charge in [-0.2, -0.15) is 0 Å². The molecule has 0 saturated heterocycles. The minimum absolute atomic E-state index is 0.825. The fourth-order valence-electron chi connectivity index (χ4n) is 1.39. The third-order valence-electron chi connectivity index (χ3n) is 2.24. The van der Waals surface area contributed by atoms with Crippen LogP contribution in [0.4, 0.5) is 0 Å². The van der Waals surface area contributed by atoms with E-state index in [1.165, 1.54) is 5.46 Å². The SMILES string of the molecule is C=Cc1cnc2ccc(BC)cc2n1. The van der Waals surface area contributed by atoms with Crippen LogP contribution < -0.4 is 5.46 Å². The highest BCUT2D eigenvalue weighted by molar-refractivity contribution is 6.52. The molecule has 3 heteroatoms. The van der Waals surface area contributed by atoms with E-state index >= 15 is 0 Å². The molecule has 0 fully saturated rings. The molecule has 1 heterocycles. The summed E-state index contributed by atoms with van der Waals surface area (Å²) in [6.07, 6.45) is 3.45. The minimum Gasteiger partial charge on any atom is -0.252 e. The van der Waals surface area contributed by atoms with Crippen molar-refractivity contribution in [2.45, 2.75) is 6.82 Å². The second-order valence-corrected chi connectivity index (χ2v) is 3.18. The van der Waals surface area contributed by atoms with Gasteiger partial charge in [0, 0.05) is 0 Å². The average Bonchev–Trinajstić information content (AvgIpc) is 2.27. The first-order valence-corrected chi connectivity index (χ1v) is 4.71. The van der Waals surface area contributed by atoms with Crippen LogP contribution in [0.15, 0.2) is 31.0 Å². The monoisotopic (exact) mass is 182 g/mol. The van der Waals surface area contributed by atoms with E-state index in [0.717, 1.165) is 24.0 Å². The Kier molecular flexibility index (Phi) is 2.31. The topological polar surface area (TPSA) is 25.8 Å². The predicted molar refractivity (Wildman–Crippen MR) is 62.3 cm³/mol. The van der Waals surface area contributed by atoms with Crippen molar-refractivity contribution in [2.75, 3.05) is 0 Å². The predicted octanol–water partition coefficient (Wildman–Crippen LogP) is 1.38. The standard InChI is InChI=1S/C11H11BN2/c1-3-9-7-13-10-5-4-8(12-2)6-11(10)14-9/h3-7,12H,1H2,2H3. The Morgan fingerprint density at radius 3 is 2.93 bits per heavy atom. The second-order valence-electron chi connectivity index (χ2n) is 3.18. The largest absolute Gasteiger partial charge is 0.252 e. The number of hydrogen-bond acceptors (Lipinski definition) is 2. The van der Waals surface area contributed by atoms with E-state index in [2.05, 4.69) is 35.5 Å². The van der Waals surface area contributed by atoms with Gasteiger partial charge >= 0.3 is 0 Å². The van der Waals surface area contributed by atoms with Crippen LogP contribution in [0.2, 0.25) is 6.82 Å². The molecule has 0 N–H and O–H groups in total. The van der Waals surface area contributed by atoms with Gasteiger partial charge in [0.25, 0.3) is 0 Å². The van der Waals surface area contributed by atoms with Gasteiger partial charge < -0.3 is 0 Å². The molecule has 0 bridgehead atoms. The maximum atomic E-state index is 4.42. The van der Waals surface area contributed by atoms with Crippen molar-refractivity contribution in [1.29, 1.82) is 0 Å². The number of nitrogens with zero attached hydrogens (tertiary/aromatic N) is 2. The zero-order valence-electron chi connectivity index (χ0n) is 8.20. The summed E-state index contributed by atoms with van der Waals surface area (Å²) in [6, 6.07) is 6.17. The molecule has 0 aliphatic rings. The molecule has 0 spiro atoms. The van der Waals surface area contributed by atoms with Crippen LogP contribution in [0, 0.1) is 0 Å². The molecule has 1 aromatic heterocycles. The zero-order valence-corrected chi connectivity index (χ0v) is 8.20. The van der Waals surface area contributed by atoms with E-state index in [1.807, 2.05) is 6.07 Å². The maximum absolute atomic E-state index is 4.42. The van der Waals surface area contributed by atoms with Gasteiger partial charge in [-0.25, -0.2) is 4.98 Å². The molecular formula is C11H11BN2. The molecule has 0 radical (unpaired) electrons. The third-order valence-corrected chi connectivity index (χ3v) is 2.24. The van der Waals surface area contributed by atoms with Crippen LogP contribution >= 0.6 is 0 Å². The van der Waals surface area contributed by atoms with E-state index in [1.54, 1.807) is 12.3 Å². The highest BCUT2D eigenvalue weighted by Gasteiger charge is 1.98. The van der Waals surface area contributed by atoms with Crippen LogP contribution in [0.1, 0.15) is 5.69 Å². The van der Waals surface area contributed by atoms with Gasteiger partial charge in [0.1, 0.15) is 0 Å². The Morgan fingerprint density at radius 2 is 2.21 bits per heavy atom. The fourth-order valence-corrected chi connectivity index (χ4v) is 1.39. The Morgan fingerprint density at radius 1 is 1.36 bits per heavy atom. The summed E-state index contributed by atoms with van der Waals surface area (Å²) >= 11 is 0. The van der Waals surface area contributed by atoms with Gasteiger partial charge in [0.15, 0.2) is 7.28 Å². The summed E-state index contributed by atoms with van der Waals surface area (Å²) in [5.74, 6) is 0. The molecular weight excluding hydrogens is 171 g/mol. The first kappa shape index (κ1) is 8.94. The molecule has 0 saturated carbocycles. The van der Waals surface area contributed by atoms with Gasteiger partial charge in [-0.1, -0.05) is 24.9 Å². The number of hydrogen-bond donors (Lipinski definition) is 0. The van der Waals surface area contributed by atoms with Crippen molar-refractivity contribution < 1.29 is 0 Å². The fraction of sp³-hybridized carbons (Fsp3) is 0.0909. The van der Waals surface area contributed by atoms with Gasteiger partial charge in [0.05, 0.1) is 22.9 Å². The van der Waals surface area contributed by atoms with E-state index in [4.69, 9.17) is 0 Å². The van der Waals surface area contributed by atoms with Gasteiger partial charge in [-0.15, -0.1) is 0 Å².